The highest BCUT2D eigenvalue weighted by molar-refractivity contribution is 7.97. The molecular weight excluding hydrogens is 289 g/mol. The largest absolute Gasteiger partial charge is 0.368 e. The molecule has 0 spiro atoms. The van der Waals surface area contributed by atoms with Crippen LogP contribution in [0.2, 0.25) is 5.02 Å². The lowest BCUT2D eigenvalue weighted by atomic mass is 10.2. The van der Waals surface area contributed by atoms with Crippen LogP contribution in [0, 0.1) is 5.82 Å². The highest BCUT2D eigenvalue weighted by Crippen LogP contribution is 2.25. The van der Waals surface area contributed by atoms with Crippen LogP contribution in [0.3, 0.4) is 0 Å². The predicted molar refractivity (Wildman–Crippen MR) is 75.1 cm³/mol. The Labute approximate surface area is 118 Å². The number of thioether (sulfide) groups is 1. The number of hydrogen-bond acceptors (Lipinski definition) is 6. The third kappa shape index (κ3) is 3.68. The van der Waals surface area contributed by atoms with Gasteiger partial charge in [0, 0.05) is 16.3 Å². The molecule has 0 saturated heterocycles. The Balaban J connectivity index is 2.00. The van der Waals surface area contributed by atoms with Gasteiger partial charge < -0.3 is 11.5 Å². The van der Waals surface area contributed by atoms with Crippen molar-refractivity contribution in [1.82, 2.24) is 15.0 Å². The highest BCUT2D eigenvalue weighted by Gasteiger charge is 2.08. The predicted octanol–water partition coefficient (Wildman–Crippen LogP) is 2.26. The van der Waals surface area contributed by atoms with Crippen molar-refractivity contribution in [2.45, 2.75) is 11.5 Å². The molecule has 1 aromatic carbocycles. The van der Waals surface area contributed by atoms with E-state index in [1.807, 2.05) is 0 Å². The van der Waals surface area contributed by atoms with Gasteiger partial charge in [0.2, 0.25) is 11.9 Å². The van der Waals surface area contributed by atoms with Gasteiger partial charge in [0.25, 0.3) is 0 Å². The first-order valence-corrected chi connectivity index (χ1v) is 6.86. The third-order valence-electron chi connectivity index (χ3n) is 2.26. The van der Waals surface area contributed by atoms with Crippen LogP contribution < -0.4 is 11.5 Å². The van der Waals surface area contributed by atoms with E-state index in [2.05, 4.69) is 15.0 Å². The molecule has 0 saturated carbocycles. The molecule has 2 aromatic rings. The average molecular weight is 300 g/mol. The number of hydrogen-bond donors (Lipinski definition) is 2. The van der Waals surface area contributed by atoms with Crippen LogP contribution in [0.4, 0.5) is 16.3 Å². The van der Waals surface area contributed by atoms with Crippen molar-refractivity contribution in [2.75, 3.05) is 11.5 Å². The number of benzene rings is 1. The minimum Gasteiger partial charge on any atom is -0.368 e. The maximum absolute atomic E-state index is 13.5. The van der Waals surface area contributed by atoms with Crippen molar-refractivity contribution in [3.63, 3.8) is 0 Å². The second-order valence-electron chi connectivity index (χ2n) is 3.66. The van der Waals surface area contributed by atoms with Gasteiger partial charge in [-0.2, -0.15) is 15.0 Å². The summed E-state index contributed by atoms with van der Waals surface area (Å²) in [6, 6.07) is 4.60. The van der Waals surface area contributed by atoms with Crippen molar-refractivity contribution in [2.24, 2.45) is 0 Å². The van der Waals surface area contributed by atoms with Gasteiger partial charge in [-0.05, 0) is 12.1 Å². The maximum Gasteiger partial charge on any atom is 0.225 e. The van der Waals surface area contributed by atoms with E-state index in [9.17, 15) is 4.39 Å². The maximum atomic E-state index is 13.5. The van der Waals surface area contributed by atoms with E-state index >= 15 is 0 Å². The number of anilines is 2. The van der Waals surface area contributed by atoms with Crippen LogP contribution in [0.15, 0.2) is 18.2 Å². The zero-order valence-corrected chi connectivity index (χ0v) is 11.4. The van der Waals surface area contributed by atoms with Crippen LogP contribution in [-0.4, -0.2) is 15.0 Å². The molecule has 2 rings (SSSR count). The van der Waals surface area contributed by atoms with Gasteiger partial charge in [0.05, 0.1) is 5.75 Å². The fourth-order valence-corrected chi connectivity index (χ4v) is 2.66. The molecule has 0 aliphatic carbocycles. The molecule has 1 heterocycles. The molecule has 4 N–H and O–H groups in total. The van der Waals surface area contributed by atoms with E-state index < -0.39 is 0 Å². The van der Waals surface area contributed by atoms with E-state index in [4.69, 9.17) is 23.1 Å². The minimum atomic E-state index is -0.324. The van der Waals surface area contributed by atoms with Crippen molar-refractivity contribution < 1.29 is 4.39 Å². The Hall–Kier alpha value is -1.60. The first-order chi connectivity index (χ1) is 9.06. The standard InChI is InChI=1S/C11H11ClFN5S/c12-7-2-1-3-8(13)6(7)4-19-5-9-16-10(14)18-11(15)17-9/h1-3H,4-5H2,(H4,14,15,16,17,18). The molecule has 0 fully saturated rings. The molecule has 0 amide bonds. The number of nitrogen functional groups attached to an aromatic ring is 2. The highest BCUT2D eigenvalue weighted by atomic mass is 35.5. The molecule has 100 valence electrons. The molecule has 0 bridgehead atoms. The number of nitrogens with zero attached hydrogens (tertiary/aromatic N) is 3. The summed E-state index contributed by atoms with van der Waals surface area (Å²) in [5, 5.41) is 0.405. The second kappa shape index (κ2) is 6.03. The molecule has 0 aliphatic rings. The zero-order valence-electron chi connectivity index (χ0n) is 9.81. The second-order valence-corrected chi connectivity index (χ2v) is 5.05. The van der Waals surface area contributed by atoms with Crippen molar-refractivity contribution in [3.05, 3.63) is 40.4 Å². The summed E-state index contributed by atoms with van der Waals surface area (Å²) in [5.41, 5.74) is 11.4. The van der Waals surface area contributed by atoms with Gasteiger partial charge in [-0.1, -0.05) is 17.7 Å². The molecule has 5 nitrogen and oxygen atoms in total. The van der Waals surface area contributed by atoms with Crippen LogP contribution >= 0.6 is 23.4 Å². The van der Waals surface area contributed by atoms with Gasteiger partial charge in [-0.3, -0.25) is 0 Å². The van der Waals surface area contributed by atoms with Gasteiger partial charge in [-0.25, -0.2) is 4.39 Å². The quantitative estimate of drug-likeness (QED) is 0.900. The van der Waals surface area contributed by atoms with Gasteiger partial charge >= 0.3 is 0 Å². The smallest absolute Gasteiger partial charge is 0.225 e. The summed E-state index contributed by atoms with van der Waals surface area (Å²) in [6.07, 6.45) is 0. The average Bonchev–Trinajstić information content (AvgIpc) is 2.32. The topological polar surface area (TPSA) is 90.7 Å². The molecule has 19 heavy (non-hydrogen) atoms. The van der Waals surface area contributed by atoms with Crippen molar-refractivity contribution >= 4 is 35.3 Å². The van der Waals surface area contributed by atoms with Gasteiger partial charge in [0.1, 0.15) is 11.6 Å². The fourth-order valence-electron chi connectivity index (χ4n) is 1.44. The first-order valence-electron chi connectivity index (χ1n) is 5.33. The van der Waals surface area contributed by atoms with E-state index in [0.29, 0.717) is 27.9 Å². The van der Waals surface area contributed by atoms with Crippen molar-refractivity contribution in [1.29, 1.82) is 0 Å². The Bertz CT molecular complexity index is 555. The van der Waals surface area contributed by atoms with E-state index in [-0.39, 0.29) is 17.7 Å². The monoisotopic (exact) mass is 299 g/mol. The van der Waals surface area contributed by atoms with Crippen LogP contribution in [-0.2, 0) is 11.5 Å². The summed E-state index contributed by atoms with van der Waals surface area (Å²) < 4.78 is 13.5. The summed E-state index contributed by atoms with van der Waals surface area (Å²) >= 11 is 7.34. The first kappa shape index (κ1) is 13.8. The Morgan fingerprint density at radius 2 is 1.79 bits per heavy atom. The van der Waals surface area contributed by atoms with Crippen LogP contribution in [0.25, 0.3) is 0 Å². The summed E-state index contributed by atoms with van der Waals surface area (Å²) in [7, 11) is 0. The number of rotatable bonds is 4. The molecule has 0 unspecified atom stereocenters. The van der Waals surface area contributed by atoms with E-state index in [1.54, 1.807) is 12.1 Å². The molecule has 0 atom stereocenters. The third-order valence-corrected chi connectivity index (χ3v) is 3.56. The Morgan fingerprint density at radius 1 is 1.11 bits per heavy atom. The SMILES string of the molecule is Nc1nc(N)nc(CSCc2c(F)cccc2Cl)n1. The summed E-state index contributed by atoms with van der Waals surface area (Å²) in [5.74, 6) is 1.15. The van der Waals surface area contributed by atoms with Crippen LogP contribution in [0.1, 0.15) is 11.4 Å². The summed E-state index contributed by atoms with van der Waals surface area (Å²) in [6.45, 7) is 0. The zero-order chi connectivity index (χ0) is 13.8. The van der Waals surface area contributed by atoms with E-state index in [0.717, 1.165) is 0 Å². The molecular formula is C11H11ClFN5S. The molecule has 0 radical (unpaired) electrons. The molecule has 0 aliphatic heterocycles. The van der Waals surface area contributed by atoms with E-state index in [1.165, 1.54) is 17.8 Å². The lowest BCUT2D eigenvalue weighted by molar-refractivity contribution is 0.617. The number of halogens is 2. The lowest BCUT2D eigenvalue weighted by Gasteiger charge is -2.05. The molecule has 8 heteroatoms. The molecule has 1 aromatic heterocycles. The Kier molecular flexibility index (Phi) is 4.39. The van der Waals surface area contributed by atoms with Crippen molar-refractivity contribution in [3.8, 4) is 0 Å². The minimum absolute atomic E-state index is 0.0759. The lowest BCUT2D eigenvalue weighted by Crippen LogP contribution is -2.06. The van der Waals surface area contributed by atoms with Gasteiger partial charge in [-0.15, -0.1) is 11.8 Å². The van der Waals surface area contributed by atoms with Gasteiger partial charge in [0.15, 0.2) is 0 Å². The normalized spacial score (nSPS) is 10.6. The Morgan fingerprint density at radius 3 is 2.42 bits per heavy atom. The number of nitrogens with two attached hydrogens (primary N) is 2. The summed E-state index contributed by atoms with van der Waals surface area (Å²) in [4.78, 5) is 11.5. The fraction of sp³-hybridized carbons (Fsp3) is 0.182. The van der Waals surface area contributed by atoms with Crippen LogP contribution in [0.5, 0.6) is 0 Å². The number of aromatic nitrogens is 3.